The Morgan fingerprint density at radius 3 is 2.86 bits per heavy atom. The molecule has 0 saturated carbocycles. The molecule has 0 saturated heterocycles. The van der Waals surface area contributed by atoms with Crippen LogP contribution in [-0.4, -0.2) is 4.98 Å². The zero-order chi connectivity index (χ0) is 10.1. The molecular formula is C9H5N3O2. The molecule has 0 amide bonds. The third-order valence-corrected chi connectivity index (χ3v) is 1.90. The first-order valence-corrected chi connectivity index (χ1v) is 3.88. The lowest BCUT2D eigenvalue weighted by atomic mass is 10.3. The Morgan fingerprint density at radius 2 is 2.14 bits per heavy atom. The van der Waals surface area contributed by atoms with Crippen molar-refractivity contribution in [1.29, 1.82) is 5.26 Å². The molecule has 1 aromatic heterocycles. The van der Waals surface area contributed by atoms with Crippen molar-refractivity contribution in [1.82, 2.24) is 4.98 Å². The molecule has 14 heavy (non-hydrogen) atoms. The third-order valence-electron chi connectivity index (χ3n) is 1.90. The van der Waals surface area contributed by atoms with Crippen molar-refractivity contribution in [2.45, 2.75) is 0 Å². The van der Waals surface area contributed by atoms with Gasteiger partial charge in [0, 0.05) is 6.07 Å². The minimum absolute atomic E-state index is 0.281. The van der Waals surface area contributed by atoms with Gasteiger partial charge in [-0.25, -0.2) is 0 Å². The number of hydrogen-bond acceptors (Lipinski definition) is 3. The number of hydrogen-bond donors (Lipinski definition) is 1. The zero-order valence-corrected chi connectivity index (χ0v) is 7.02. The van der Waals surface area contributed by atoms with E-state index in [1.54, 1.807) is 30.3 Å². The van der Waals surface area contributed by atoms with E-state index in [9.17, 15) is 10.0 Å². The van der Waals surface area contributed by atoms with E-state index < -0.39 is 11.3 Å². The average molecular weight is 187 g/mol. The van der Waals surface area contributed by atoms with E-state index in [4.69, 9.17) is 5.26 Å². The third kappa shape index (κ3) is 1.02. The second-order valence-corrected chi connectivity index (χ2v) is 2.73. The minimum atomic E-state index is -0.666. The summed E-state index contributed by atoms with van der Waals surface area (Å²) >= 11 is 0. The van der Waals surface area contributed by atoms with Crippen LogP contribution in [0.4, 0.5) is 0 Å². The number of benzene rings is 1. The first-order valence-electron chi connectivity index (χ1n) is 3.88. The van der Waals surface area contributed by atoms with Crippen LogP contribution in [0, 0.1) is 16.5 Å². The molecule has 0 fully saturated rings. The number of rotatable bonds is 0. The highest BCUT2D eigenvalue weighted by atomic mass is 16.5. The average Bonchev–Trinajstić information content (AvgIpc) is 2.18. The molecule has 0 radical (unpaired) electrons. The maximum atomic E-state index is 11.5. The molecule has 68 valence electrons. The second-order valence-electron chi connectivity index (χ2n) is 2.73. The van der Waals surface area contributed by atoms with Crippen LogP contribution >= 0.6 is 0 Å². The molecule has 5 heteroatoms. The van der Waals surface area contributed by atoms with Crippen LogP contribution in [0.3, 0.4) is 0 Å². The highest BCUT2D eigenvalue weighted by Crippen LogP contribution is 2.03. The van der Waals surface area contributed by atoms with E-state index in [2.05, 4.69) is 4.98 Å². The summed E-state index contributed by atoms with van der Waals surface area (Å²) in [5, 5.41) is 20.0. The molecule has 2 aromatic rings. The number of nitriles is 1. The Morgan fingerprint density at radius 1 is 1.43 bits per heavy atom. The Bertz CT molecular complexity index is 595. The lowest BCUT2D eigenvalue weighted by molar-refractivity contribution is -0.581. The molecule has 0 spiro atoms. The molecular weight excluding hydrogens is 182 g/mol. The molecule has 1 aromatic carbocycles. The highest BCUT2D eigenvalue weighted by Gasteiger charge is 2.14. The van der Waals surface area contributed by atoms with Gasteiger partial charge in [0.05, 0.1) is 0 Å². The number of H-pyrrole nitrogens is 1. The Labute approximate surface area is 78.4 Å². The fraction of sp³-hybridized carbons (Fsp3) is 0. The van der Waals surface area contributed by atoms with Gasteiger partial charge in [-0.15, -0.1) is 4.73 Å². The Hall–Kier alpha value is -2.35. The number of nitrogens with one attached hydrogen (secondary N) is 1. The van der Waals surface area contributed by atoms with Crippen LogP contribution in [0.25, 0.3) is 11.0 Å². The molecule has 0 aliphatic rings. The van der Waals surface area contributed by atoms with Gasteiger partial charge in [-0.1, -0.05) is 12.1 Å². The number of nitrogens with zero attached hydrogens (tertiary/aromatic N) is 2. The molecule has 2 rings (SSSR count). The maximum Gasteiger partial charge on any atom is 0.360 e. The smallest absolute Gasteiger partial charge is 0.360 e. The van der Waals surface area contributed by atoms with Gasteiger partial charge < -0.3 is 10.2 Å². The van der Waals surface area contributed by atoms with Crippen molar-refractivity contribution in [3.8, 4) is 6.07 Å². The largest absolute Gasteiger partial charge is 0.617 e. The normalized spacial score (nSPS) is 9.93. The van der Waals surface area contributed by atoms with Gasteiger partial charge >= 0.3 is 11.3 Å². The molecule has 1 N–H and O–H groups in total. The summed E-state index contributed by atoms with van der Waals surface area (Å²) in [6, 6.07) is 8.07. The van der Waals surface area contributed by atoms with E-state index in [0.717, 1.165) is 0 Å². The van der Waals surface area contributed by atoms with E-state index in [1.807, 2.05) is 0 Å². The van der Waals surface area contributed by atoms with E-state index >= 15 is 0 Å². The summed E-state index contributed by atoms with van der Waals surface area (Å²) in [5.74, 6) is 0. The van der Waals surface area contributed by atoms with Gasteiger partial charge in [0.1, 0.15) is 5.52 Å². The maximum absolute atomic E-state index is 11.5. The summed E-state index contributed by atoms with van der Waals surface area (Å²) in [6.07, 6.45) is 0. The predicted molar refractivity (Wildman–Crippen MR) is 48.2 cm³/mol. The molecule has 5 nitrogen and oxygen atoms in total. The fourth-order valence-electron chi connectivity index (χ4n) is 1.25. The van der Waals surface area contributed by atoms with Gasteiger partial charge in [0.15, 0.2) is 6.07 Å². The van der Waals surface area contributed by atoms with Gasteiger partial charge in [-0.3, -0.25) is 4.79 Å². The van der Waals surface area contributed by atoms with Crippen LogP contribution in [0.15, 0.2) is 29.1 Å². The van der Waals surface area contributed by atoms with Crippen LogP contribution in [0.5, 0.6) is 0 Å². The van der Waals surface area contributed by atoms with Crippen molar-refractivity contribution in [3.63, 3.8) is 0 Å². The summed E-state index contributed by atoms with van der Waals surface area (Å²) < 4.78 is 0.341. The topological polar surface area (TPSA) is 83.6 Å². The van der Waals surface area contributed by atoms with Crippen LogP contribution in [-0.2, 0) is 0 Å². The van der Waals surface area contributed by atoms with Crippen molar-refractivity contribution >= 4 is 11.0 Å². The number of para-hydroxylation sites is 2. The first kappa shape index (κ1) is 8.26. The monoisotopic (exact) mass is 187 g/mol. The molecule has 0 unspecified atom stereocenters. The predicted octanol–water partition coefficient (Wildman–Crippen LogP) is 0.0332. The van der Waals surface area contributed by atoms with Gasteiger partial charge in [-0.2, -0.15) is 5.26 Å². The summed E-state index contributed by atoms with van der Waals surface area (Å²) in [5.41, 5.74) is -0.403. The number of aromatic nitrogens is 2. The quantitative estimate of drug-likeness (QED) is 0.466. The van der Waals surface area contributed by atoms with E-state index in [0.29, 0.717) is 10.2 Å². The van der Waals surface area contributed by atoms with Crippen molar-refractivity contribution in [3.05, 3.63) is 45.5 Å². The van der Waals surface area contributed by atoms with Crippen LogP contribution in [0.1, 0.15) is 5.69 Å². The van der Waals surface area contributed by atoms with Gasteiger partial charge in [0.25, 0.3) is 0 Å². The molecule has 1 heterocycles. The number of fused-ring (bicyclic) bond motifs is 1. The molecule has 0 bridgehead atoms. The van der Waals surface area contributed by atoms with Crippen molar-refractivity contribution in [2.24, 2.45) is 0 Å². The lowest BCUT2D eigenvalue weighted by Gasteiger charge is -2.00. The van der Waals surface area contributed by atoms with Crippen LogP contribution < -0.4 is 10.3 Å². The second kappa shape index (κ2) is 2.85. The van der Waals surface area contributed by atoms with E-state index in [1.165, 1.54) is 0 Å². The Balaban J connectivity index is 3.02. The summed E-state index contributed by atoms with van der Waals surface area (Å²) in [4.78, 5) is 13.6. The van der Waals surface area contributed by atoms with Crippen molar-refractivity contribution < 1.29 is 4.73 Å². The summed E-state index contributed by atoms with van der Waals surface area (Å²) in [7, 11) is 0. The minimum Gasteiger partial charge on any atom is -0.617 e. The SMILES string of the molecule is N#Cc1c(=O)[nH]c2ccccc2[n+]1[O-]. The Kier molecular flexibility index (Phi) is 1.68. The zero-order valence-electron chi connectivity index (χ0n) is 7.02. The van der Waals surface area contributed by atoms with Gasteiger partial charge in [-0.05, 0) is 6.07 Å². The summed E-state index contributed by atoms with van der Waals surface area (Å²) in [6.45, 7) is 0. The molecule has 0 aliphatic carbocycles. The first-order chi connectivity index (χ1) is 6.74. The van der Waals surface area contributed by atoms with Crippen molar-refractivity contribution in [2.75, 3.05) is 0 Å². The lowest BCUT2D eigenvalue weighted by Crippen LogP contribution is -2.38. The van der Waals surface area contributed by atoms with E-state index in [-0.39, 0.29) is 5.52 Å². The highest BCUT2D eigenvalue weighted by molar-refractivity contribution is 5.70. The molecule has 0 aliphatic heterocycles. The fourth-order valence-corrected chi connectivity index (χ4v) is 1.25. The number of aromatic amines is 1. The molecule has 0 atom stereocenters. The standard InChI is InChI=1S/C9H5N3O2/c10-5-8-9(13)11-6-3-1-2-4-7(6)12(8)14/h1-4H,(H,11,13). The van der Waals surface area contributed by atoms with Crippen LogP contribution in [0.2, 0.25) is 0 Å². The van der Waals surface area contributed by atoms with Gasteiger partial charge in [0.2, 0.25) is 5.52 Å².